The summed E-state index contributed by atoms with van der Waals surface area (Å²) < 4.78 is 13.4. The predicted molar refractivity (Wildman–Crippen MR) is 76.0 cm³/mol. The van der Waals surface area contributed by atoms with Crippen LogP contribution in [0.1, 0.15) is 48.7 Å². The minimum atomic E-state index is -0.873. The van der Waals surface area contributed by atoms with Gasteiger partial charge in [0.05, 0.1) is 10.7 Å². The molecule has 0 saturated carbocycles. The third-order valence-corrected chi connectivity index (χ3v) is 4.11. The number of halogens is 1. The van der Waals surface area contributed by atoms with Crippen molar-refractivity contribution < 1.29 is 9.50 Å². The van der Waals surface area contributed by atoms with Gasteiger partial charge in [0.15, 0.2) is 0 Å². The topological polar surface area (TPSA) is 33.1 Å². The van der Waals surface area contributed by atoms with Crippen LogP contribution in [-0.2, 0) is 5.41 Å². The van der Waals surface area contributed by atoms with Crippen LogP contribution < -0.4 is 0 Å². The first-order valence-corrected chi connectivity index (χ1v) is 7.06. The van der Waals surface area contributed by atoms with Crippen LogP contribution in [0.3, 0.4) is 0 Å². The molecule has 2 aromatic rings. The van der Waals surface area contributed by atoms with E-state index >= 15 is 0 Å². The summed E-state index contributed by atoms with van der Waals surface area (Å²) in [5.74, 6) is -0.333. The number of aromatic nitrogens is 1. The van der Waals surface area contributed by atoms with E-state index in [4.69, 9.17) is 0 Å². The lowest BCUT2D eigenvalue weighted by atomic mass is 9.98. The normalized spacial score (nSPS) is 13.6. The van der Waals surface area contributed by atoms with Gasteiger partial charge < -0.3 is 5.11 Å². The number of hydrogen-bond donors (Lipinski definition) is 1. The lowest BCUT2D eigenvalue weighted by Gasteiger charge is -2.14. The molecule has 0 radical (unpaired) electrons. The maximum absolute atomic E-state index is 13.4. The van der Waals surface area contributed by atoms with Gasteiger partial charge in [-0.2, -0.15) is 0 Å². The van der Waals surface area contributed by atoms with E-state index in [-0.39, 0.29) is 11.2 Å². The van der Waals surface area contributed by atoms with Crippen molar-refractivity contribution in [3.05, 3.63) is 51.2 Å². The van der Waals surface area contributed by atoms with Gasteiger partial charge in [0.2, 0.25) is 0 Å². The zero-order chi connectivity index (χ0) is 14.2. The third-order valence-electron chi connectivity index (χ3n) is 2.82. The molecule has 2 nitrogen and oxygen atoms in total. The Labute approximate surface area is 116 Å². The van der Waals surface area contributed by atoms with Gasteiger partial charge in [0, 0.05) is 10.8 Å². The number of aryl methyl sites for hydroxylation is 1. The number of thiazole rings is 1. The standard InChI is InChI=1S/C15H18FNOS/c1-9-5-10(7-11(16)6-9)13(18)12-8-19-14(17-12)15(2,3)4/h5-8,13,18H,1-4H3. The van der Waals surface area contributed by atoms with E-state index in [2.05, 4.69) is 25.8 Å². The lowest BCUT2D eigenvalue weighted by molar-refractivity contribution is 0.215. The van der Waals surface area contributed by atoms with E-state index in [1.165, 1.54) is 23.5 Å². The molecule has 0 spiro atoms. The fraction of sp³-hybridized carbons (Fsp3) is 0.400. The molecule has 1 aromatic heterocycles. The van der Waals surface area contributed by atoms with Crippen LogP contribution in [0.5, 0.6) is 0 Å². The quantitative estimate of drug-likeness (QED) is 0.902. The molecule has 1 heterocycles. The monoisotopic (exact) mass is 279 g/mol. The van der Waals surface area contributed by atoms with E-state index < -0.39 is 6.10 Å². The van der Waals surface area contributed by atoms with Crippen molar-refractivity contribution in [1.29, 1.82) is 0 Å². The molecule has 1 N–H and O–H groups in total. The second-order valence-corrected chi connectivity index (χ2v) is 6.65. The smallest absolute Gasteiger partial charge is 0.123 e. The van der Waals surface area contributed by atoms with Crippen molar-refractivity contribution >= 4 is 11.3 Å². The summed E-state index contributed by atoms with van der Waals surface area (Å²) in [5.41, 5.74) is 1.88. The molecule has 1 unspecified atom stereocenters. The zero-order valence-electron chi connectivity index (χ0n) is 11.6. The van der Waals surface area contributed by atoms with Crippen LogP contribution in [0.15, 0.2) is 23.6 Å². The number of aliphatic hydroxyl groups excluding tert-OH is 1. The van der Waals surface area contributed by atoms with Crippen LogP contribution in [0.25, 0.3) is 0 Å². The molecule has 0 aliphatic heterocycles. The molecule has 0 amide bonds. The minimum Gasteiger partial charge on any atom is -0.382 e. The summed E-state index contributed by atoms with van der Waals surface area (Å²) in [6, 6.07) is 4.58. The Morgan fingerprint density at radius 2 is 1.95 bits per heavy atom. The minimum absolute atomic E-state index is 0.0412. The molecule has 102 valence electrons. The number of aliphatic hydroxyl groups is 1. The Hall–Kier alpha value is -1.26. The van der Waals surface area contributed by atoms with Gasteiger partial charge in [-0.1, -0.05) is 26.8 Å². The highest BCUT2D eigenvalue weighted by Crippen LogP contribution is 2.30. The first-order chi connectivity index (χ1) is 8.77. The summed E-state index contributed by atoms with van der Waals surface area (Å²) in [5, 5.41) is 13.1. The fourth-order valence-electron chi connectivity index (χ4n) is 1.85. The van der Waals surface area contributed by atoms with Crippen molar-refractivity contribution in [3.8, 4) is 0 Å². The zero-order valence-corrected chi connectivity index (χ0v) is 12.4. The Morgan fingerprint density at radius 3 is 2.47 bits per heavy atom. The van der Waals surface area contributed by atoms with E-state index in [1.54, 1.807) is 13.0 Å². The van der Waals surface area contributed by atoms with Crippen LogP contribution in [0.4, 0.5) is 4.39 Å². The van der Waals surface area contributed by atoms with Gasteiger partial charge in [0.1, 0.15) is 11.9 Å². The molecule has 4 heteroatoms. The van der Waals surface area contributed by atoms with Crippen LogP contribution >= 0.6 is 11.3 Å². The highest BCUT2D eigenvalue weighted by Gasteiger charge is 2.21. The van der Waals surface area contributed by atoms with Gasteiger partial charge in [-0.05, 0) is 30.2 Å². The number of benzene rings is 1. The Kier molecular flexibility index (Phi) is 3.74. The van der Waals surface area contributed by atoms with E-state index in [1.807, 2.05) is 5.38 Å². The first kappa shape index (κ1) is 14.2. The Bertz CT molecular complexity index is 566. The van der Waals surface area contributed by atoms with Crippen molar-refractivity contribution in [1.82, 2.24) is 4.98 Å². The first-order valence-electron chi connectivity index (χ1n) is 6.18. The Morgan fingerprint density at radius 1 is 1.26 bits per heavy atom. The third kappa shape index (κ3) is 3.19. The number of nitrogens with zero attached hydrogens (tertiary/aromatic N) is 1. The molecule has 1 aromatic carbocycles. The largest absolute Gasteiger partial charge is 0.382 e. The van der Waals surface area contributed by atoms with Gasteiger partial charge >= 0.3 is 0 Å². The molecule has 19 heavy (non-hydrogen) atoms. The molecule has 0 aliphatic carbocycles. The van der Waals surface area contributed by atoms with Crippen molar-refractivity contribution in [2.75, 3.05) is 0 Å². The lowest BCUT2D eigenvalue weighted by Crippen LogP contribution is -2.11. The fourth-order valence-corrected chi connectivity index (χ4v) is 2.78. The molecule has 0 saturated heterocycles. The van der Waals surface area contributed by atoms with E-state index in [0.29, 0.717) is 11.3 Å². The van der Waals surface area contributed by atoms with Gasteiger partial charge in [-0.25, -0.2) is 9.37 Å². The highest BCUT2D eigenvalue weighted by molar-refractivity contribution is 7.09. The number of hydrogen-bond acceptors (Lipinski definition) is 3. The van der Waals surface area contributed by atoms with E-state index in [0.717, 1.165) is 10.6 Å². The summed E-state index contributed by atoms with van der Waals surface area (Å²) in [6.07, 6.45) is -0.873. The van der Waals surface area contributed by atoms with Crippen molar-refractivity contribution in [3.63, 3.8) is 0 Å². The predicted octanol–water partition coefficient (Wildman–Crippen LogP) is 3.97. The molecule has 2 rings (SSSR count). The summed E-state index contributed by atoms with van der Waals surface area (Å²) in [6.45, 7) is 8.04. The second-order valence-electron chi connectivity index (χ2n) is 5.79. The van der Waals surface area contributed by atoms with Crippen LogP contribution in [0, 0.1) is 12.7 Å². The Balaban J connectivity index is 2.33. The SMILES string of the molecule is Cc1cc(F)cc(C(O)c2csc(C(C)(C)C)n2)c1. The van der Waals surface area contributed by atoms with E-state index in [9.17, 15) is 9.50 Å². The molecular formula is C15H18FNOS. The molecular weight excluding hydrogens is 261 g/mol. The molecule has 1 atom stereocenters. The van der Waals surface area contributed by atoms with Crippen LogP contribution in [-0.4, -0.2) is 10.1 Å². The summed E-state index contributed by atoms with van der Waals surface area (Å²) in [4.78, 5) is 4.46. The van der Waals surface area contributed by atoms with Gasteiger partial charge in [0.25, 0.3) is 0 Å². The average molecular weight is 279 g/mol. The van der Waals surface area contributed by atoms with Gasteiger partial charge in [-0.3, -0.25) is 0 Å². The molecule has 0 fully saturated rings. The summed E-state index contributed by atoms with van der Waals surface area (Å²) in [7, 11) is 0. The summed E-state index contributed by atoms with van der Waals surface area (Å²) >= 11 is 1.52. The second kappa shape index (κ2) is 5.02. The van der Waals surface area contributed by atoms with Crippen molar-refractivity contribution in [2.45, 2.75) is 39.2 Å². The average Bonchev–Trinajstić information content (AvgIpc) is 2.75. The van der Waals surface area contributed by atoms with Crippen LogP contribution in [0.2, 0.25) is 0 Å². The molecule has 0 bridgehead atoms. The maximum Gasteiger partial charge on any atom is 0.123 e. The number of rotatable bonds is 2. The highest BCUT2D eigenvalue weighted by atomic mass is 32.1. The molecule has 0 aliphatic rings. The van der Waals surface area contributed by atoms with Gasteiger partial charge in [-0.15, -0.1) is 11.3 Å². The van der Waals surface area contributed by atoms with Crippen molar-refractivity contribution in [2.24, 2.45) is 0 Å². The maximum atomic E-state index is 13.4.